The summed E-state index contributed by atoms with van der Waals surface area (Å²) in [4.78, 5) is 6.80. The number of nitrogens with one attached hydrogen (secondary N) is 1. The smallest absolute Gasteiger partial charge is 0.109 e. The van der Waals surface area contributed by atoms with Gasteiger partial charge in [0.1, 0.15) is 12.4 Å². The molecule has 3 nitrogen and oxygen atoms in total. The number of nitrogens with zero attached hydrogens (tertiary/aromatic N) is 2. The Kier molecular flexibility index (Phi) is 8.89. The maximum absolute atomic E-state index is 14.4. The van der Waals surface area contributed by atoms with Crippen molar-refractivity contribution in [2.45, 2.75) is 46.0 Å². The zero-order valence-electron chi connectivity index (χ0n) is 20.0. The van der Waals surface area contributed by atoms with Gasteiger partial charge in [-0.3, -0.25) is 4.99 Å². The summed E-state index contributed by atoms with van der Waals surface area (Å²) >= 11 is 0. The van der Waals surface area contributed by atoms with E-state index in [1.807, 2.05) is 30.4 Å². The summed E-state index contributed by atoms with van der Waals surface area (Å²) in [6.45, 7) is 9.89. The molecule has 0 bridgehead atoms. The molecular weight excluding hydrogens is 409 g/mol. The van der Waals surface area contributed by atoms with E-state index >= 15 is 0 Å². The maximum Gasteiger partial charge on any atom is 0.109 e. The first kappa shape index (κ1) is 24.3. The molecule has 1 aliphatic heterocycles. The van der Waals surface area contributed by atoms with Crippen LogP contribution in [-0.2, 0) is 0 Å². The number of rotatable bonds is 9. The Morgan fingerprint density at radius 1 is 1.21 bits per heavy atom. The molecule has 1 N–H and O–H groups in total. The molecule has 2 aliphatic rings. The summed E-state index contributed by atoms with van der Waals surface area (Å²) in [5, 5.41) is 3.42. The molecule has 0 saturated heterocycles. The average Bonchev–Trinajstić information content (AvgIpc) is 3.12. The van der Waals surface area contributed by atoms with E-state index in [-0.39, 0.29) is 5.83 Å². The van der Waals surface area contributed by atoms with Crippen LogP contribution < -0.4 is 5.32 Å². The molecule has 0 unspecified atom stereocenters. The van der Waals surface area contributed by atoms with Gasteiger partial charge in [0.25, 0.3) is 0 Å². The molecule has 4 heteroatoms. The number of anilines is 1. The van der Waals surface area contributed by atoms with E-state index < -0.39 is 0 Å². The van der Waals surface area contributed by atoms with E-state index in [0.29, 0.717) is 18.5 Å². The zero-order chi connectivity index (χ0) is 23.6. The Labute approximate surface area is 198 Å². The predicted molar refractivity (Wildman–Crippen MR) is 140 cm³/mol. The van der Waals surface area contributed by atoms with Crippen molar-refractivity contribution in [3.8, 4) is 11.8 Å². The monoisotopic (exact) mass is 443 g/mol. The molecule has 33 heavy (non-hydrogen) atoms. The fourth-order valence-electron chi connectivity index (χ4n) is 3.82. The molecule has 0 amide bonds. The number of benzene rings is 1. The van der Waals surface area contributed by atoms with Crippen LogP contribution in [0.1, 0.15) is 51.5 Å². The van der Waals surface area contributed by atoms with Crippen LogP contribution in [0.15, 0.2) is 82.8 Å². The highest BCUT2D eigenvalue weighted by molar-refractivity contribution is 6.03. The van der Waals surface area contributed by atoms with Gasteiger partial charge >= 0.3 is 0 Å². The molecule has 0 spiro atoms. The van der Waals surface area contributed by atoms with Gasteiger partial charge in [-0.2, -0.15) is 0 Å². The summed E-state index contributed by atoms with van der Waals surface area (Å²) in [6, 6.07) is 8.27. The van der Waals surface area contributed by atoms with Crippen molar-refractivity contribution in [2.75, 3.05) is 25.5 Å². The van der Waals surface area contributed by atoms with Crippen LogP contribution >= 0.6 is 0 Å². The lowest BCUT2D eigenvalue weighted by Gasteiger charge is -2.22. The molecule has 0 aromatic heterocycles. The molecular formula is C29H34FN3. The molecule has 1 aromatic rings. The van der Waals surface area contributed by atoms with Crippen molar-refractivity contribution in [3.05, 3.63) is 83.4 Å². The maximum atomic E-state index is 14.4. The minimum Gasteiger partial charge on any atom is -0.374 e. The number of halogens is 1. The largest absolute Gasteiger partial charge is 0.374 e. The highest BCUT2D eigenvalue weighted by Gasteiger charge is 2.14. The first-order valence-electron chi connectivity index (χ1n) is 11.8. The van der Waals surface area contributed by atoms with Gasteiger partial charge in [0.15, 0.2) is 0 Å². The Morgan fingerprint density at radius 2 is 2.00 bits per heavy atom. The van der Waals surface area contributed by atoms with E-state index in [1.54, 1.807) is 0 Å². The lowest BCUT2D eigenvalue weighted by molar-refractivity contribution is 0.509. The topological polar surface area (TPSA) is 27.6 Å². The standard InChI is InChI=1S/C29H34FN3/c1-5-12-28(25-13-9-10-14-26(25)30)32-24-18-16-23(17-19-24)29(33(4)6-2)21-22(3)27-15-8-7-11-20-31-27/h9,12-13,16-19,21,32H,3,5-6,8,10,14-15,20H2,1-2,4H3/b28-12-,29-21-. The second kappa shape index (κ2) is 12.1. The van der Waals surface area contributed by atoms with Crippen LogP contribution in [0.3, 0.4) is 0 Å². The number of allylic oxidation sites excluding steroid dienone is 6. The molecule has 0 radical (unpaired) electrons. The molecule has 0 atom stereocenters. The van der Waals surface area contributed by atoms with Gasteiger partial charge in [-0.15, -0.1) is 5.92 Å². The van der Waals surface area contributed by atoms with Crippen LogP contribution in [-0.4, -0.2) is 30.7 Å². The number of hydrogen-bond donors (Lipinski definition) is 1. The minimum absolute atomic E-state index is 0.0542. The molecule has 3 rings (SSSR count). The van der Waals surface area contributed by atoms with Gasteiger partial charge in [-0.1, -0.05) is 49.8 Å². The Bertz CT molecular complexity index is 1070. The summed E-state index contributed by atoms with van der Waals surface area (Å²) in [5.41, 5.74) is 6.54. The summed E-state index contributed by atoms with van der Waals surface area (Å²) in [7, 11) is 2.08. The van der Waals surface area contributed by atoms with Crippen molar-refractivity contribution >= 4 is 17.1 Å². The summed E-state index contributed by atoms with van der Waals surface area (Å²) in [6.07, 6.45) is 11.8. The van der Waals surface area contributed by atoms with Crippen molar-refractivity contribution in [1.82, 2.24) is 4.90 Å². The fraction of sp³-hybridized carbons (Fsp3) is 0.345. The van der Waals surface area contributed by atoms with Gasteiger partial charge in [-0.05, 0) is 49.1 Å². The Morgan fingerprint density at radius 3 is 2.70 bits per heavy atom. The van der Waals surface area contributed by atoms with Gasteiger partial charge in [0.2, 0.25) is 0 Å². The Hall–Kier alpha value is -3.32. The van der Waals surface area contributed by atoms with E-state index in [9.17, 15) is 4.39 Å². The third kappa shape index (κ3) is 6.58. The first-order chi connectivity index (χ1) is 16.0. The second-order valence-corrected chi connectivity index (χ2v) is 8.17. The third-order valence-electron chi connectivity index (χ3n) is 5.79. The minimum atomic E-state index is -0.0542. The quantitative estimate of drug-likeness (QED) is 0.327. The van der Waals surface area contributed by atoms with Crippen molar-refractivity contribution in [3.63, 3.8) is 0 Å². The van der Waals surface area contributed by atoms with Gasteiger partial charge in [-0.25, -0.2) is 4.39 Å². The van der Waals surface area contributed by atoms with Crippen LogP contribution in [0.2, 0.25) is 0 Å². The van der Waals surface area contributed by atoms with Crippen LogP contribution in [0.5, 0.6) is 0 Å². The van der Waals surface area contributed by atoms with E-state index in [1.165, 1.54) is 0 Å². The van der Waals surface area contributed by atoms with Crippen molar-refractivity contribution < 1.29 is 4.39 Å². The first-order valence-corrected chi connectivity index (χ1v) is 11.8. The molecule has 1 aliphatic carbocycles. The van der Waals surface area contributed by atoms with Crippen LogP contribution in [0.4, 0.5) is 10.1 Å². The average molecular weight is 444 g/mol. The zero-order valence-corrected chi connectivity index (χ0v) is 20.0. The Balaban J connectivity index is 1.83. The van der Waals surface area contributed by atoms with Gasteiger partial charge in [0.05, 0.1) is 0 Å². The van der Waals surface area contributed by atoms with Gasteiger partial charge in [0, 0.05) is 61.2 Å². The molecule has 0 fully saturated rings. The van der Waals surface area contributed by atoms with E-state index in [0.717, 1.165) is 66.2 Å². The predicted octanol–water partition coefficient (Wildman–Crippen LogP) is 7.05. The van der Waals surface area contributed by atoms with Gasteiger partial charge < -0.3 is 10.2 Å². The van der Waals surface area contributed by atoms with Crippen molar-refractivity contribution in [1.29, 1.82) is 0 Å². The summed E-state index contributed by atoms with van der Waals surface area (Å²) in [5.74, 6) is 6.13. The normalized spacial score (nSPS) is 16.5. The highest BCUT2D eigenvalue weighted by atomic mass is 19.1. The van der Waals surface area contributed by atoms with E-state index in [4.69, 9.17) is 0 Å². The fourth-order valence-corrected chi connectivity index (χ4v) is 3.82. The summed E-state index contributed by atoms with van der Waals surface area (Å²) < 4.78 is 14.4. The molecule has 172 valence electrons. The molecule has 1 heterocycles. The van der Waals surface area contributed by atoms with E-state index in [2.05, 4.69) is 72.7 Å². The SMILES string of the molecule is C=C(/C=C(/c1ccc(N/C(=C\CC)C2=C(F)CCC=C2)cc1)N(C)CC)C1=NCC#CCC1. The lowest BCUT2D eigenvalue weighted by Crippen LogP contribution is -2.17. The lowest BCUT2D eigenvalue weighted by atomic mass is 10.0. The molecule has 1 aromatic carbocycles. The number of hydrogen-bond acceptors (Lipinski definition) is 3. The second-order valence-electron chi connectivity index (χ2n) is 8.17. The van der Waals surface area contributed by atoms with Crippen molar-refractivity contribution in [2.24, 2.45) is 4.99 Å². The van der Waals surface area contributed by atoms with Crippen LogP contribution in [0, 0.1) is 11.8 Å². The number of aliphatic imine (C=N–C) groups is 1. The molecule has 0 saturated carbocycles. The third-order valence-corrected chi connectivity index (χ3v) is 5.79. The van der Waals surface area contributed by atoms with Crippen LogP contribution in [0.25, 0.3) is 5.70 Å². The highest BCUT2D eigenvalue weighted by Crippen LogP contribution is 2.28.